The molecule has 0 bridgehead atoms. The zero-order valence-corrected chi connectivity index (χ0v) is 15.1. The molecule has 2 aliphatic heterocycles. The number of rotatable bonds is 6. The Kier molecular flexibility index (Phi) is 6.67. The summed E-state index contributed by atoms with van der Waals surface area (Å²) in [7, 11) is -1.58. The lowest BCUT2D eigenvalue weighted by atomic mass is 10.0. The van der Waals surface area contributed by atoms with Gasteiger partial charge in [-0.3, -0.25) is 4.90 Å². The first-order chi connectivity index (χ1) is 10.9. The van der Waals surface area contributed by atoms with Gasteiger partial charge in [0.1, 0.15) is 0 Å². The van der Waals surface area contributed by atoms with Crippen molar-refractivity contribution in [2.45, 2.75) is 38.1 Å². The van der Waals surface area contributed by atoms with Crippen LogP contribution >= 0.6 is 0 Å². The highest BCUT2D eigenvalue weighted by Gasteiger charge is 2.29. The lowest BCUT2D eigenvalue weighted by Crippen LogP contribution is -2.52. The molecule has 8 heteroatoms. The van der Waals surface area contributed by atoms with Crippen molar-refractivity contribution >= 4 is 16.1 Å². The van der Waals surface area contributed by atoms with Gasteiger partial charge < -0.3 is 10.2 Å². The van der Waals surface area contributed by atoms with Gasteiger partial charge in [0.15, 0.2) is 0 Å². The number of hydrogen-bond donors (Lipinski definition) is 1. The zero-order chi connectivity index (χ0) is 16.9. The van der Waals surface area contributed by atoms with Crippen LogP contribution in [0.25, 0.3) is 0 Å². The van der Waals surface area contributed by atoms with Crippen LogP contribution in [0.4, 0.5) is 4.79 Å². The highest BCUT2D eigenvalue weighted by Crippen LogP contribution is 2.20. The Bertz CT molecular complexity index is 491. The second-order valence-corrected chi connectivity index (χ2v) is 8.74. The Morgan fingerprint density at radius 3 is 2.57 bits per heavy atom. The summed E-state index contributed by atoms with van der Waals surface area (Å²) >= 11 is 0. The second kappa shape index (κ2) is 8.30. The normalized spacial score (nSPS) is 23.4. The number of hydrogen-bond acceptors (Lipinski definition) is 4. The number of amides is 2. The molecule has 1 N–H and O–H groups in total. The summed E-state index contributed by atoms with van der Waals surface area (Å²) in [6.45, 7) is 4.89. The summed E-state index contributed by atoms with van der Waals surface area (Å²) in [4.78, 5) is 16.7. The van der Waals surface area contributed by atoms with E-state index < -0.39 is 10.0 Å². The van der Waals surface area contributed by atoms with Crippen LogP contribution in [0.5, 0.6) is 0 Å². The van der Waals surface area contributed by atoms with Gasteiger partial charge in [-0.15, -0.1) is 0 Å². The molecule has 0 aromatic heterocycles. The van der Waals surface area contributed by atoms with Crippen molar-refractivity contribution < 1.29 is 13.2 Å². The Morgan fingerprint density at radius 1 is 1.22 bits per heavy atom. The van der Waals surface area contributed by atoms with E-state index in [1.54, 1.807) is 7.05 Å². The first kappa shape index (κ1) is 18.5. The lowest BCUT2D eigenvalue weighted by molar-refractivity contribution is 0.125. The van der Waals surface area contributed by atoms with E-state index in [4.69, 9.17) is 0 Å². The maximum absolute atomic E-state index is 12.3. The third-order valence-electron chi connectivity index (χ3n) is 4.83. The number of piperidine rings is 1. The van der Waals surface area contributed by atoms with E-state index in [-0.39, 0.29) is 6.03 Å². The van der Waals surface area contributed by atoms with E-state index in [0.717, 1.165) is 32.6 Å². The molecule has 2 rings (SSSR count). The molecule has 2 fully saturated rings. The average Bonchev–Trinajstić information content (AvgIpc) is 3.04. The number of urea groups is 1. The van der Waals surface area contributed by atoms with Crippen molar-refractivity contribution in [1.82, 2.24) is 19.4 Å². The van der Waals surface area contributed by atoms with Crippen molar-refractivity contribution in [3.05, 3.63) is 0 Å². The summed E-state index contributed by atoms with van der Waals surface area (Å²) < 4.78 is 23.9. The minimum Gasteiger partial charge on any atom is -0.338 e. The molecule has 2 heterocycles. The first-order valence-electron chi connectivity index (χ1n) is 8.56. The molecular formula is C15H30N4O3S. The molecule has 0 aromatic rings. The van der Waals surface area contributed by atoms with Crippen LogP contribution in [0.2, 0.25) is 0 Å². The second-order valence-electron chi connectivity index (χ2n) is 6.66. The number of carbonyl (C=O) groups excluding carboxylic acids is 1. The molecule has 2 aliphatic rings. The van der Waals surface area contributed by atoms with E-state index in [0.29, 0.717) is 25.6 Å². The van der Waals surface area contributed by atoms with Crippen molar-refractivity contribution in [2.75, 3.05) is 52.6 Å². The van der Waals surface area contributed by atoms with Gasteiger partial charge in [-0.05, 0) is 45.2 Å². The molecule has 0 saturated carbocycles. The molecule has 0 radical (unpaired) electrons. The first-order valence-corrected chi connectivity index (χ1v) is 10.4. The SMILES string of the molecule is CN(CCCNC(=O)N1CCCC(N2CCCC2)C1)S(C)(=O)=O. The van der Waals surface area contributed by atoms with Crippen molar-refractivity contribution in [1.29, 1.82) is 0 Å². The standard InChI is InChI=1S/C15H30N4O3S/c1-17(23(2,21)22)9-6-8-16-15(20)19-12-5-7-14(13-19)18-10-3-4-11-18/h14H,3-13H2,1-2H3,(H,16,20). The molecule has 0 spiro atoms. The molecule has 2 saturated heterocycles. The fourth-order valence-electron chi connectivity index (χ4n) is 3.32. The maximum Gasteiger partial charge on any atom is 0.317 e. The predicted octanol–water partition coefficient (Wildman–Crippen LogP) is 0.538. The number of carbonyl (C=O) groups is 1. The summed E-state index contributed by atoms with van der Waals surface area (Å²) in [5.41, 5.74) is 0. The zero-order valence-electron chi connectivity index (χ0n) is 14.3. The van der Waals surface area contributed by atoms with Crippen LogP contribution < -0.4 is 5.32 Å². The fourth-order valence-corrected chi connectivity index (χ4v) is 3.78. The van der Waals surface area contributed by atoms with Crippen LogP contribution in [-0.2, 0) is 10.0 Å². The summed E-state index contributed by atoms with van der Waals surface area (Å²) in [6, 6.07) is 0.490. The summed E-state index contributed by atoms with van der Waals surface area (Å²) in [5, 5.41) is 2.92. The quantitative estimate of drug-likeness (QED) is 0.713. The molecule has 1 unspecified atom stereocenters. The number of nitrogens with one attached hydrogen (secondary N) is 1. The largest absolute Gasteiger partial charge is 0.338 e. The van der Waals surface area contributed by atoms with Gasteiger partial charge in [-0.1, -0.05) is 0 Å². The van der Waals surface area contributed by atoms with E-state index in [9.17, 15) is 13.2 Å². The minimum atomic E-state index is -3.14. The van der Waals surface area contributed by atoms with Crippen LogP contribution in [0.3, 0.4) is 0 Å². The molecule has 134 valence electrons. The predicted molar refractivity (Wildman–Crippen MR) is 90.9 cm³/mol. The number of likely N-dealkylation sites (tertiary alicyclic amines) is 2. The summed E-state index contributed by atoms with van der Waals surface area (Å²) in [6.07, 6.45) is 6.61. The monoisotopic (exact) mass is 346 g/mol. The van der Waals surface area contributed by atoms with Gasteiger partial charge in [-0.2, -0.15) is 0 Å². The van der Waals surface area contributed by atoms with Crippen LogP contribution in [0.15, 0.2) is 0 Å². The Labute approximate surface area is 140 Å². The van der Waals surface area contributed by atoms with Gasteiger partial charge in [0.05, 0.1) is 6.26 Å². The molecule has 2 amide bonds. The van der Waals surface area contributed by atoms with Crippen molar-refractivity contribution in [2.24, 2.45) is 0 Å². The van der Waals surface area contributed by atoms with Gasteiger partial charge in [0, 0.05) is 39.3 Å². The van der Waals surface area contributed by atoms with Gasteiger partial charge in [0.25, 0.3) is 0 Å². The highest BCUT2D eigenvalue weighted by atomic mass is 32.2. The van der Waals surface area contributed by atoms with Crippen LogP contribution in [-0.4, -0.2) is 87.2 Å². The molecule has 23 heavy (non-hydrogen) atoms. The molecule has 1 atom stereocenters. The van der Waals surface area contributed by atoms with Gasteiger partial charge >= 0.3 is 6.03 Å². The van der Waals surface area contributed by atoms with E-state index in [1.165, 1.54) is 29.8 Å². The van der Waals surface area contributed by atoms with Crippen LogP contribution in [0, 0.1) is 0 Å². The van der Waals surface area contributed by atoms with E-state index in [1.807, 2.05) is 4.90 Å². The lowest BCUT2D eigenvalue weighted by Gasteiger charge is -2.37. The van der Waals surface area contributed by atoms with Crippen LogP contribution in [0.1, 0.15) is 32.1 Å². The Morgan fingerprint density at radius 2 is 1.91 bits per heavy atom. The smallest absolute Gasteiger partial charge is 0.317 e. The third kappa shape index (κ3) is 5.61. The van der Waals surface area contributed by atoms with Crippen molar-refractivity contribution in [3.63, 3.8) is 0 Å². The van der Waals surface area contributed by atoms with Gasteiger partial charge in [-0.25, -0.2) is 17.5 Å². The molecule has 7 nitrogen and oxygen atoms in total. The highest BCUT2D eigenvalue weighted by molar-refractivity contribution is 7.88. The topological polar surface area (TPSA) is 73.0 Å². The molecule has 0 aromatic carbocycles. The van der Waals surface area contributed by atoms with E-state index in [2.05, 4.69) is 10.2 Å². The Balaban J connectivity index is 1.68. The third-order valence-corrected chi connectivity index (χ3v) is 6.15. The van der Waals surface area contributed by atoms with Gasteiger partial charge in [0.2, 0.25) is 10.0 Å². The fraction of sp³-hybridized carbons (Fsp3) is 0.933. The Hall–Kier alpha value is -0.860. The minimum absolute atomic E-state index is 0.0177. The maximum atomic E-state index is 12.3. The molecule has 0 aliphatic carbocycles. The molecular weight excluding hydrogens is 316 g/mol. The van der Waals surface area contributed by atoms with E-state index >= 15 is 0 Å². The van der Waals surface area contributed by atoms with Crippen molar-refractivity contribution in [3.8, 4) is 0 Å². The average molecular weight is 346 g/mol. The number of nitrogens with zero attached hydrogens (tertiary/aromatic N) is 3. The summed E-state index contributed by atoms with van der Waals surface area (Å²) in [5.74, 6) is 0. The number of sulfonamides is 1.